The van der Waals surface area contributed by atoms with Crippen molar-refractivity contribution in [1.29, 1.82) is 0 Å². The molecule has 0 bridgehead atoms. The van der Waals surface area contributed by atoms with Gasteiger partial charge in [0, 0.05) is 17.0 Å². The zero-order chi connectivity index (χ0) is 26.1. The molecule has 7 nitrogen and oxygen atoms in total. The molecule has 3 aromatic carbocycles. The third-order valence-electron chi connectivity index (χ3n) is 6.36. The largest absolute Gasteiger partial charge is 0.507 e. The molecule has 188 valence electrons. The maximum absolute atomic E-state index is 12.1. The highest BCUT2D eigenvalue weighted by Gasteiger charge is 2.20. The topological polar surface area (TPSA) is 91.3 Å². The van der Waals surface area contributed by atoms with E-state index < -0.39 is 11.7 Å². The summed E-state index contributed by atoms with van der Waals surface area (Å²) in [7, 11) is 3.26. The van der Waals surface area contributed by atoms with E-state index in [0.717, 1.165) is 28.0 Å². The van der Waals surface area contributed by atoms with Crippen LogP contribution in [0.2, 0.25) is 0 Å². The molecule has 0 amide bonds. The van der Waals surface area contributed by atoms with Crippen LogP contribution in [-0.2, 0) is 0 Å². The zero-order valence-corrected chi connectivity index (χ0v) is 20.9. The van der Waals surface area contributed by atoms with Gasteiger partial charge in [0.05, 0.1) is 19.8 Å². The van der Waals surface area contributed by atoms with Crippen molar-refractivity contribution >= 4 is 11.0 Å². The Hall–Kier alpha value is -4.65. The number of aromatic hydroxyl groups is 1. The average Bonchev–Trinajstić information content (AvgIpc) is 3.36. The van der Waals surface area contributed by atoms with Crippen molar-refractivity contribution in [3.05, 3.63) is 105 Å². The Morgan fingerprint density at radius 2 is 1.30 bits per heavy atom. The summed E-state index contributed by atoms with van der Waals surface area (Å²) in [6.45, 7) is 3.19. The molecule has 2 heterocycles. The third kappa shape index (κ3) is 4.63. The maximum atomic E-state index is 12.1. The first-order valence-corrected chi connectivity index (χ1v) is 11.7. The highest BCUT2D eigenvalue weighted by Crippen LogP contribution is 2.36. The number of benzene rings is 3. The minimum absolute atomic E-state index is 0.0995. The third-order valence-corrected chi connectivity index (χ3v) is 6.36. The highest BCUT2D eigenvalue weighted by atomic mass is 16.5. The molecular weight excluding hydrogens is 472 g/mol. The van der Waals surface area contributed by atoms with Gasteiger partial charge in [0.2, 0.25) is 0 Å². The van der Waals surface area contributed by atoms with Crippen molar-refractivity contribution in [1.82, 2.24) is 0 Å². The fourth-order valence-corrected chi connectivity index (χ4v) is 4.19. The molecule has 0 aliphatic rings. The van der Waals surface area contributed by atoms with Gasteiger partial charge in [-0.15, -0.1) is 0 Å². The second kappa shape index (κ2) is 9.78. The summed E-state index contributed by atoms with van der Waals surface area (Å²) in [5.41, 5.74) is 2.43. The van der Waals surface area contributed by atoms with Gasteiger partial charge in [-0.25, -0.2) is 4.79 Å². The Labute approximate surface area is 213 Å². The summed E-state index contributed by atoms with van der Waals surface area (Å²) in [5.74, 6) is 2.55. The van der Waals surface area contributed by atoms with Gasteiger partial charge in [-0.2, -0.15) is 0 Å². The van der Waals surface area contributed by atoms with Crippen molar-refractivity contribution in [3.8, 4) is 34.5 Å². The van der Waals surface area contributed by atoms with Crippen molar-refractivity contribution < 1.29 is 28.2 Å². The van der Waals surface area contributed by atoms with Gasteiger partial charge in [0.1, 0.15) is 34.7 Å². The molecule has 1 N–H and O–H groups in total. The molecule has 7 heteroatoms. The molecule has 0 aliphatic carbocycles. The van der Waals surface area contributed by atoms with Gasteiger partial charge in [-0.1, -0.05) is 24.3 Å². The number of hydrogen-bond donors (Lipinski definition) is 1. The lowest BCUT2D eigenvalue weighted by Crippen LogP contribution is -2.09. The number of furan rings is 1. The molecule has 0 unspecified atom stereocenters. The molecule has 2 aromatic heterocycles. The Kier molecular flexibility index (Phi) is 6.36. The van der Waals surface area contributed by atoms with Crippen molar-refractivity contribution in [2.45, 2.75) is 20.0 Å². The van der Waals surface area contributed by atoms with E-state index in [1.807, 2.05) is 60.7 Å². The number of hydrogen-bond acceptors (Lipinski definition) is 7. The van der Waals surface area contributed by atoms with E-state index in [9.17, 15) is 9.90 Å². The first-order valence-electron chi connectivity index (χ1n) is 11.7. The molecule has 0 atom stereocenters. The number of methoxy groups -OCH3 is 2. The van der Waals surface area contributed by atoms with Crippen LogP contribution in [0.3, 0.4) is 0 Å². The molecule has 0 saturated carbocycles. The Bertz CT molecular complexity index is 1560. The van der Waals surface area contributed by atoms with E-state index in [0.29, 0.717) is 22.7 Å². The predicted octanol–water partition coefficient (Wildman–Crippen LogP) is 6.56. The molecule has 0 fully saturated rings. The SMILES string of the molecule is COc1ccc(C(Oc2ccc3cc(-c4oc(=O)c(C)c(O)c4C)oc3c2)c2ccc(OC)cc2)cc1. The Balaban J connectivity index is 1.52. The maximum Gasteiger partial charge on any atom is 0.343 e. The van der Waals surface area contributed by atoms with E-state index in [1.165, 1.54) is 6.92 Å². The second-order valence-electron chi connectivity index (χ2n) is 8.67. The molecule has 0 saturated heterocycles. The van der Waals surface area contributed by atoms with Crippen LogP contribution >= 0.6 is 0 Å². The first-order chi connectivity index (χ1) is 17.9. The normalized spacial score (nSPS) is 11.2. The summed E-state index contributed by atoms with van der Waals surface area (Å²) in [4.78, 5) is 12.1. The Morgan fingerprint density at radius 1 is 0.730 bits per heavy atom. The predicted molar refractivity (Wildman–Crippen MR) is 140 cm³/mol. The smallest absolute Gasteiger partial charge is 0.343 e. The van der Waals surface area contributed by atoms with Crippen LogP contribution in [0.1, 0.15) is 28.4 Å². The molecule has 0 spiro atoms. The average molecular weight is 499 g/mol. The first kappa shape index (κ1) is 24.1. The van der Waals surface area contributed by atoms with E-state index >= 15 is 0 Å². The fourth-order valence-electron chi connectivity index (χ4n) is 4.19. The monoisotopic (exact) mass is 498 g/mol. The lowest BCUT2D eigenvalue weighted by Gasteiger charge is -2.21. The van der Waals surface area contributed by atoms with Gasteiger partial charge in [-0.3, -0.25) is 0 Å². The van der Waals surface area contributed by atoms with Gasteiger partial charge in [0.25, 0.3) is 0 Å². The van der Waals surface area contributed by atoms with E-state index in [1.54, 1.807) is 33.3 Å². The molecule has 5 rings (SSSR count). The van der Waals surface area contributed by atoms with Crippen LogP contribution in [0.4, 0.5) is 0 Å². The van der Waals surface area contributed by atoms with Crippen molar-refractivity contribution in [2.75, 3.05) is 14.2 Å². The molecule has 0 aliphatic heterocycles. The molecular formula is C30H26O7. The molecule has 0 radical (unpaired) electrons. The van der Waals surface area contributed by atoms with Crippen molar-refractivity contribution in [3.63, 3.8) is 0 Å². The highest BCUT2D eigenvalue weighted by molar-refractivity contribution is 5.83. The number of rotatable bonds is 7. The standard InChI is InChI=1S/C30H26O7/c1-17-27(31)18(2)30(32)37-28(17)26-15-21-9-14-24(16-25(21)36-26)35-29(19-5-10-22(33-3)11-6-19)20-7-12-23(34-4)13-8-20/h5-16,29,31H,1-4H3. The van der Waals surface area contributed by atoms with Gasteiger partial charge < -0.3 is 28.2 Å². The van der Waals surface area contributed by atoms with Crippen LogP contribution in [0.15, 0.2) is 86.4 Å². The van der Waals surface area contributed by atoms with Crippen LogP contribution in [-0.4, -0.2) is 19.3 Å². The summed E-state index contributed by atoms with van der Waals surface area (Å²) in [5, 5.41) is 11.1. The quantitative estimate of drug-likeness (QED) is 0.272. The number of ether oxygens (including phenoxy) is 3. The van der Waals surface area contributed by atoms with Crippen LogP contribution in [0, 0.1) is 13.8 Å². The summed E-state index contributed by atoms with van der Waals surface area (Å²) < 4.78 is 28.5. The second-order valence-corrected chi connectivity index (χ2v) is 8.67. The van der Waals surface area contributed by atoms with Crippen LogP contribution in [0.5, 0.6) is 23.0 Å². The summed E-state index contributed by atoms with van der Waals surface area (Å²) in [6.07, 6.45) is -0.405. The minimum atomic E-state index is -0.607. The fraction of sp³-hybridized carbons (Fsp3) is 0.167. The molecule has 37 heavy (non-hydrogen) atoms. The lowest BCUT2D eigenvalue weighted by molar-refractivity contribution is 0.247. The summed E-state index contributed by atoms with van der Waals surface area (Å²) >= 11 is 0. The Morgan fingerprint density at radius 3 is 1.86 bits per heavy atom. The number of fused-ring (bicyclic) bond motifs is 1. The van der Waals surface area contributed by atoms with Gasteiger partial charge >= 0.3 is 5.63 Å². The van der Waals surface area contributed by atoms with Gasteiger partial charge in [0.15, 0.2) is 11.5 Å². The molecule has 5 aromatic rings. The van der Waals surface area contributed by atoms with Gasteiger partial charge in [-0.05, 0) is 67.4 Å². The van der Waals surface area contributed by atoms with E-state index in [2.05, 4.69) is 0 Å². The van der Waals surface area contributed by atoms with E-state index in [-0.39, 0.29) is 17.1 Å². The van der Waals surface area contributed by atoms with Crippen LogP contribution < -0.4 is 19.8 Å². The minimum Gasteiger partial charge on any atom is -0.507 e. The van der Waals surface area contributed by atoms with E-state index in [4.69, 9.17) is 23.0 Å². The zero-order valence-electron chi connectivity index (χ0n) is 20.9. The lowest BCUT2D eigenvalue weighted by atomic mass is 10.0. The van der Waals surface area contributed by atoms with Crippen LogP contribution in [0.25, 0.3) is 22.5 Å². The van der Waals surface area contributed by atoms with Crippen molar-refractivity contribution in [2.24, 2.45) is 0 Å². The summed E-state index contributed by atoms with van der Waals surface area (Å²) in [6, 6.07) is 22.7.